The fraction of sp³-hybridized carbons (Fsp3) is 0.316. The maximum atomic E-state index is 10.9. The van der Waals surface area contributed by atoms with E-state index in [-0.39, 0.29) is 17.5 Å². The number of carboxylic acid groups (broad SMARTS) is 1. The van der Waals surface area contributed by atoms with Crippen molar-refractivity contribution in [2.75, 3.05) is 13.2 Å². The van der Waals surface area contributed by atoms with Gasteiger partial charge >= 0.3 is 5.97 Å². The average Bonchev–Trinajstić information content (AvgIpc) is 3.24. The van der Waals surface area contributed by atoms with E-state index in [9.17, 15) is 4.79 Å². The van der Waals surface area contributed by atoms with Crippen LogP contribution >= 0.6 is 0 Å². The monoisotopic (exact) mass is 371 g/mol. The maximum absolute atomic E-state index is 10.9. The van der Waals surface area contributed by atoms with Crippen LogP contribution in [-0.2, 0) is 9.47 Å². The Morgan fingerprint density at radius 1 is 1.48 bits per heavy atom. The Morgan fingerprint density at radius 2 is 2.26 bits per heavy atom. The van der Waals surface area contributed by atoms with Gasteiger partial charge in [-0.25, -0.2) is 9.78 Å². The Hall–Kier alpha value is -2.97. The molecule has 0 saturated carbocycles. The van der Waals surface area contributed by atoms with Crippen molar-refractivity contribution in [2.45, 2.75) is 25.7 Å². The van der Waals surface area contributed by atoms with Gasteiger partial charge in [-0.15, -0.1) is 0 Å². The SMILES string of the molecule is CC1(C)OCC(COc2ccccc2C(=N)/C=C\c2ncc(C(=O)O)[nH]2)O1. The Kier molecular flexibility index (Phi) is 5.38. The third kappa shape index (κ3) is 4.81. The van der Waals surface area contributed by atoms with Crippen LogP contribution in [0.1, 0.15) is 35.7 Å². The van der Waals surface area contributed by atoms with Crippen LogP contribution in [0.4, 0.5) is 0 Å². The first-order valence-corrected chi connectivity index (χ1v) is 8.43. The lowest BCUT2D eigenvalue weighted by Crippen LogP contribution is -2.25. The summed E-state index contributed by atoms with van der Waals surface area (Å²) in [5.74, 6) is -0.779. The van der Waals surface area contributed by atoms with Crippen molar-refractivity contribution in [3.05, 3.63) is 53.6 Å². The smallest absolute Gasteiger partial charge is 0.353 e. The van der Waals surface area contributed by atoms with Crippen molar-refractivity contribution >= 4 is 17.8 Å². The number of carbonyl (C=O) groups is 1. The molecule has 2 aromatic rings. The molecule has 3 rings (SSSR count). The van der Waals surface area contributed by atoms with Crippen LogP contribution < -0.4 is 4.74 Å². The highest BCUT2D eigenvalue weighted by molar-refractivity contribution is 6.10. The first-order valence-electron chi connectivity index (χ1n) is 8.43. The van der Waals surface area contributed by atoms with E-state index in [0.717, 1.165) is 0 Å². The molecule has 1 aromatic carbocycles. The molecule has 0 amide bonds. The van der Waals surface area contributed by atoms with Gasteiger partial charge < -0.3 is 29.7 Å². The number of carboxylic acids is 1. The molecule has 142 valence electrons. The molecule has 27 heavy (non-hydrogen) atoms. The number of nitrogens with one attached hydrogen (secondary N) is 2. The molecular weight excluding hydrogens is 350 g/mol. The summed E-state index contributed by atoms with van der Waals surface area (Å²) in [6.45, 7) is 4.48. The molecule has 0 spiro atoms. The second-order valence-electron chi connectivity index (χ2n) is 6.49. The van der Waals surface area contributed by atoms with E-state index in [1.165, 1.54) is 12.3 Å². The molecule has 1 fully saturated rings. The maximum Gasteiger partial charge on any atom is 0.353 e. The Balaban J connectivity index is 1.66. The minimum Gasteiger partial charge on any atom is -0.490 e. The van der Waals surface area contributed by atoms with Crippen molar-refractivity contribution in [3.63, 3.8) is 0 Å². The van der Waals surface area contributed by atoms with Crippen LogP contribution in [0.2, 0.25) is 0 Å². The van der Waals surface area contributed by atoms with Crippen molar-refractivity contribution in [1.82, 2.24) is 9.97 Å². The second-order valence-corrected chi connectivity index (χ2v) is 6.49. The largest absolute Gasteiger partial charge is 0.490 e. The van der Waals surface area contributed by atoms with E-state index in [0.29, 0.717) is 30.4 Å². The van der Waals surface area contributed by atoms with Gasteiger partial charge in [0.2, 0.25) is 0 Å². The number of allylic oxidation sites excluding steroid dienone is 1. The van der Waals surface area contributed by atoms with Crippen LogP contribution in [0.25, 0.3) is 6.08 Å². The molecule has 1 aliphatic heterocycles. The molecule has 3 N–H and O–H groups in total. The molecule has 8 heteroatoms. The Morgan fingerprint density at radius 3 is 2.93 bits per heavy atom. The molecule has 1 unspecified atom stereocenters. The number of imidazole rings is 1. The van der Waals surface area contributed by atoms with E-state index in [1.54, 1.807) is 18.2 Å². The number of nitrogens with zero attached hydrogens (tertiary/aromatic N) is 1. The molecule has 0 aliphatic carbocycles. The Bertz CT molecular complexity index is 872. The van der Waals surface area contributed by atoms with Crippen molar-refractivity contribution in [1.29, 1.82) is 5.41 Å². The highest BCUT2D eigenvalue weighted by Gasteiger charge is 2.33. The molecule has 8 nitrogen and oxygen atoms in total. The van der Waals surface area contributed by atoms with Crippen molar-refractivity contribution < 1.29 is 24.1 Å². The summed E-state index contributed by atoms with van der Waals surface area (Å²) in [4.78, 5) is 17.5. The van der Waals surface area contributed by atoms with Gasteiger partial charge in [-0.05, 0) is 38.1 Å². The molecule has 1 aromatic heterocycles. The third-order valence-electron chi connectivity index (χ3n) is 3.90. The highest BCUT2D eigenvalue weighted by atomic mass is 16.7. The summed E-state index contributed by atoms with van der Waals surface area (Å²) in [5.41, 5.74) is 0.811. The number of benzene rings is 1. The summed E-state index contributed by atoms with van der Waals surface area (Å²) < 4.78 is 17.1. The second kappa shape index (κ2) is 7.73. The van der Waals surface area contributed by atoms with Gasteiger partial charge in [0.05, 0.1) is 18.5 Å². The average molecular weight is 371 g/mol. The predicted molar refractivity (Wildman–Crippen MR) is 98.3 cm³/mol. The summed E-state index contributed by atoms with van der Waals surface area (Å²) in [6, 6.07) is 7.21. The number of aromatic carboxylic acids is 1. The molecular formula is C19H21N3O5. The number of para-hydroxylation sites is 1. The zero-order valence-electron chi connectivity index (χ0n) is 15.1. The minimum atomic E-state index is -1.09. The lowest BCUT2D eigenvalue weighted by atomic mass is 10.1. The van der Waals surface area contributed by atoms with Crippen molar-refractivity contribution in [2.24, 2.45) is 0 Å². The molecule has 1 saturated heterocycles. The normalized spacial score (nSPS) is 18.7. The van der Waals surface area contributed by atoms with Crippen LogP contribution in [0.3, 0.4) is 0 Å². The van der Waals surface area contributed by atoms with E-state index in [4.69, 9.17) is 24.7 Å². The van der Waals surface area contributed by atoms with Crippen LogP contribution in [0.15, 0.2) is 36.5 Å². The minimum absolute atomic E-state index is 0.00776. The molecule has 1 atom stereocenters. The topological polar surface area (TPSA) is 118 Å². The number of aromatic nitrogens is 2. The van der Waals surface area contributed by atoms with E-state index in [1.807, 2.05) is 26.0 Å². The van der Waals surface area contributed by atoms with Crippen LogP contribution in [0, 0.1) is 5.41 Å². The number of ether oxygens (including phenoxy) is 3. The molecule has 2 heterocycles. The van der Waals surface area contributed by atoms with Crippen LogP contribution in [-0.4, -0.2) is 51.9 Å². The summed E-state index contributed by atoms with van der Waals surface area (Å²) in [7, 11) is 0. The molecule has 0 bridgehead atoms. The molecule has 0 radical (unpaired) electrons. The number of hydrogen-bond acceptors (Lipinski definition) is 6. The number of rotatable bonds is 7. The van der Waals surface area contributed by atoms with Gasteiger partial charge in [0, 0.05) is 5.56 Å². The van der Waals surface area contributed by atoms with Gasteiger partial charge in [0.1, 0.15) is 30.0 Å². The predicted octanol–water partition coefficient (Wildman–Crippen LogP) is 2.72. The van der Waals surface area contributed by atoms with Gasteiger partial charge in [-0.3, -0.25) is 0 Å². The quantitative estimate of drug-likeness (QED) is 0.644. The van der Waals surface area contributed by atoms with Crippen molar-refractivity contribution in [3.8, 4) is 5.75 Å². The van der Waals surface area contributed by atoms with Gasteiger partial charge in [0.15, 0.2) is 5.79 Å². The van der Waals surface area contributed by atoms with Gasteiger partial charge in [0.25, 0.3) is 0 Å². The van der Waals surface area contributed by atoms with Gasteiger partial charge in [-0.2, -0.15) is 0 Å². The Labute approximate surface area is 156 Å². The summed E-state index contributed by atoms with van der Waals surface area (Å²) >= 11 is 0. The lowest BCUT2D eigenvalue weighted by Gasteiger charge is -2.18. The van der Waals surface area contributed by atoms with E-state index in [2.05, 4.69) is 9.97 Å². The number of aromatic amines is 1. The first kappa shape index (κ1) is 18.8. The zero-order chi connectivity index (χ0) is 19.4. The highest BCUT2D eigenvalue weighted by Crippen LogP contribution is 2.24. The lowest BCUT2D eigenvalue weighted by molar-refractivity contribution is -0.141. The van der Waals surface area contributed by atoms with E-state index >= 15 is 0 Å². The zero-order valence-corrected chi connectivity index (χ0v) is 15.1. The fourth-order valence-electron chi connectivity index (χ4n) is 2.62. The van der Waals surface area contributed by atoms with E-state index < -0.39 is 11.8 Å². The first-order chi connectivity index (χ1) is 12.8. The van der Waals surface area contributed by atoms with Gasteiger partial charge in [-0.1, -0.05) is 12.1 Å². The summed E-state index contributed by atoms with van der Waals surface area (Å²) in [5, 5.41) is 17.2. The number of hydrogen-bond donors (Lipinski definition) is 3. The standard InChI is InChI=1S/C19H21N3O5/c1-19(2)26-11-12(27-19)10-25-16-6-4-3-5-13(16)14(20)7-8-17-21-9-15(22-17)18(23)24/h3-9,12,20H,10-11H2,1-2H3,(H,21,22)(H,23,24)/b8-7-,20-14?. The fourth-order valence-corrected chi connectivity index (χ4v) is 2.62. The van der Waals surface area contributed by atoms with Crippen LogP contribution in [0.5, 0.6) is 5.75 Å². The third-order valence-corrected chi connectivity index (χ3v) is 3.90. The summed E-state index contributed by atoms with van der Waals surface area (Å²) in [6.07, 6.45) is 4.14. The molecule has 1 aliphatic rings. The number of H-pyrrole nitrogens is 1.